The third kappa shape index (κ3) is 76.3. The lowest BCUT2D eigenvalue weighted by Crippen LogP contribution is -2.30. The Morgan fingerprint density at radius 2 is 0.538 bits per heavy atom. The fraction of sp³-hybridized carbons (Fsp3) is 0.906. The molecule has 0 rings (SSSR count). The summed E-state index contributed by atoms with van der Waals surface area (Å²) in [7, 11) is -9.94. The first-order valence-electron chi connectivity index (χ1n) is 43.5. The standard InChI is InChI=1S/C85H162O17P2/c1-6-10-13-16-19-22-25-27-29-36-39-44-49-54-59-64-69-83(88)96-75-81(102-85(90)71-66-61-56-51-46-41-37-33-31-30-32-35-38-43-47-52-57-62-67-78(5)9-4)77-100-104(93,94)98-73-79(86)72-97-103(91,92)99-76-80(74-95-82(87)68-63-58-53-48-42-24-21-18-15-12-8-3)101-84(89)70-65-60-55-50-45-40-34-28-26-23-20-17-14-11-7-2/h23,26,28,34,78-81,86H,6-22,24-25,27,29-33,35-77H2,1-5H3,(H,91,92)(H,93,94)/b26-23-,34-28-/t78?,79-,80+,81+/m0/s1. The van der Waals surface area contributed by atoms with E-state index in [4.69, 9.17) is 37.0 Å². The third-order valence-electron chi connectivity index (χ3n) is 19.8. The van der Waals surface area contributed by atoms with Crippen molar-refractivity contribution in [1.82, 2.24) is 0 Å². The summed E-state index contributed by atoms with van der Waals surface area (Å²) < 4.78 is 68.8. The Hall–Kier alpha value is -2.46. The van der Waals surface area contributed by atoms with E-state index in [1.165, 1.54) is 244 Å². The van der Waals surface area contributed by atoms with Gasteiger partial charge >= 0.3 is 39.5 Å². The van der Waals surface area contributed by atoms with Crippen molar-refractivity contribution < 1.29 is 80.2 Å². The van der Waals surface area contributed by atoms with Crippen LogP contribution in [0.15, 0.2) is 24.3 Å². The predicted molar refractivity (Wildman–Crippen MR) is 428 cm³/mol. The van der Waals surface area contributed by atoms with Crippen LogP contribution in [0, 0.1) is 5.92 Å². The zero-order valence-electron chi connectivity index (χ0n) is 67.7. The maximum Gasteiger partial charge on any atom is 0.472 e. The predicted octanol–water partition coefficient (Wildman–Crippen LogP) is 25.5. The van der Waals surface area contributed by atoms with E-state index in [9.17, 15) is 43.2 Å². The lowest BCUT2D eigenvalue weighted by atomic mass is 9.99. The van der Waals surface area contributed by atoms with Gasteiger partial charge in [-0.25, -0.2) is 9.13 Å². The molecule has 0 aromatic heterocycles. The molecule has 0 aromatic rings. The zero-order chi connectivity index (χ0) is 76.2. The number of aliphatic hydroxyl groups is 1. The number of carbonyl (C=O) groups excluding carboxylic acids is 4. The first kappa shape index (κ1) is 102. The van der Waals surface area contributed by atoms with Crippen LogP contribution in [-0.2, 0) is 65.4 Å². The number of hydrogen-bond donors (Lipinski definition) is 3. The molecule has 17 nitrogen and oxygen atoms in total. The molecule has 0 aliphatic carbocycles. The van der Waals surface area contributed by atoms with E-state index in [1.54, 1.807) is 0 Å². The van der Waals surface area contributed by atoms with Crippen molar-refractivity contribution in [2.45, 2.75) is 451 Å². The molecular formula is C85H162O17P2. The molecule has 0 saturated heterocycles. The minimum Gasteiger partial charge on any atom is -0.462 e. The number of carbonyl (C=O) groups is 4. The summed E-state index contributed by atoms with van der Waals surface area (Å²) in [5.74, 6) is -1.26. The smallest absolute Gasteiger partial charge is 0.462 e. The Balaban J connectivity index is 5.26. The summed E-state index contributed by atoms with van der Waals surface area (Å²) in [5, 5.41) is 10.7. The number of allylic oxidation sites excluding steroid dienone is 4. The first-order valence-corrected chi connectivity index (χ1v) is 46.5. The number of unbranched alkanes of at least 4 members (excludes halogenated alkanes) is 51. The van der Waals surface area contributed by atoms with Gasteiger partial charge in [-0.05, 0) is 57.3 Å². The van der Waals surface area contributed by atoms with E-state index in [2.05, 4.69) is 58.9 Å². The summed E-state index contributed by atoms with van der Waals surface area (Å²) in [6.07, 6.45) is 72.9. The van der Waals surface area contributed by atoms with Gasteiger partial charge in [-0.1, -0.05) is 380 Å². The van der Waals surface area contributed by atoms with Crippen LogP contribution in [0.2, 0.25) is 0 Å². The molecule has 6 atom stereocenters. The minimum atomic E-state index is -4.97. The topological polar surface area (TPSA) is 237 Å². The van der Waals surface area contributed by atoms with Crippen LogP contribution in [0.25, 0.3) is 0 Å². The van der Waals surface area contributed by atoms with E-state index in [0.717, 1.165) is 109 Å². The molecule has 19 heteroatoms. The Kier molecular flexibility index (Phi) is 75.4. The molecule has 0 amide bonds. The van der Waals surface area contributed by atoms with Crippen molar-refractivity contribution in [3.63, 3.8) is 0 Å². The maximum atomic E-state index is 13.1. The normalized spacial score (nSPS) is 14.2. The van der Waals surface area contributed by atoms with Gasteiger partial charge in [0.15, 0.2) is 12.2 Å². The lowest BCUT2D eigenvalue weighted by molar-refractivity contribution is -0.161. The summed E-state index contributed by atoms with van der Waals surface area (Å²) in [5.41, 5.74) is 0. The zero-order valence-corrected chi connectivity index (χ0v) is 69.4. The Morgan fingerprint density at radius 1 is 0.308 bits per heavy atom. The second kappa shape index (κ2) is 77.3. The molecule has 0 fully saturated rings. The SMILES string of the molecule is CCCCCC/C=C\C=C/CCCCCCCC(=O)O[C@H](COC(=O)CCCCCCCCCCCCC)COP(=O)(O)OC[C@H](O)COP(=O)(O)OC[C@@H](COC(=O)CCCCCCCCCCCCCCCCCC)OC(=O)CCCCCCCCCCCCCCCCCCCCC(C)CC. The molecule has 0 aliphatic heterocycles. The van der Waals surface area contributed by atoms with E-state index < -0.39 is 97.5 Å². The van der Waals surface area contributed by atoms with Crippen LogP contribution in [0.3, 0.4) is 0 Å². The quantitative estimate of drug-likeness (QED) is 0.0169. The molecule has 0 saturated carbocycles. The number of hydrogen-bond acceptors (Lipinski definition) is 15. The first-order chi connectivity index (χ1) is 50.6. The maximum absolute atomic E-state index is 13.1. The summed E-state index contributed by atoms with van der Waals surface area (Å²) in [4.78, 5) is 73.1. The van der Waals surface area contributed by atoms with Crippen molar-refractivity contribution in [2.75, 3.05) is 39.6 Å². The van der Waals surface area contributed by atoms with Crippen LogP contribution in [-0.4, -0.2) is 96.7 Å². The van der Waals surface area contributed by atoms with Gasteiger partial charge in [-0.3, -0.25) is 37.3 Å². The average molecular weight is 1520 g/mol. The molecule has 0 bridgehead atoms. The number of phosphoric acid groups is 2. The Morgan fingerprint density at radius 3 is 0.817 bits per heavy atom. The molecule has 0 aliphatic rings. The molecule has 3 N–H and O–H groups in total. The van der Waals surface area contributed by atoms with Gasteiger partial charge in [0.2, 0.25) is 0 Å². The van der Waals surface area contributed by atoms with Gasteiger partial charge in [-0.2, -0.15) is 0 Å². The van der Waals surface area contributed by atoms with E-state index in [-0.39, 0.29) is 25.7 Å². The molecule has 3 unspecified atom stereocenters. The Bertz CT molecular complexity index is 2080. The highest BCUT2D eigenvalue weighted by Crippen LogP contribution is 2.45. The Labute approximate surface area is 637 Å². The van der Waals surface area contributed by atoms with Gasteiger partial charge < -0.3 is 33.8 Å². The van der Waals surface area contributed by atoms with Crippen LogP contribution in [0.1, 0.15) is 433 Å². The second-order valence-corrected chi connectivity index (χ2v) is 33.0. The fourth-order valence-corrected chi connectivity index (χ4v) is 14.3. The highest BCUT2D eigenvalue weighted by atomic mass is 31.2. The largest absolute Gasteiger partial charge is 0.472 e. The van der Waals surface area contributed by atoms with Gasteiger partial charge in [0.1, 0.15) is 19.3 Å². The summed E-state index contributed by atoms with van der Waals surface area (Å²) in [6, 6.07) is 0. The van der Waals surface area contributed by atoms with Crippen LogP contribution < -0.4 is 0 Å². The van der Waals surface area contributed by atoms with Gasteiger partial charge in [0.05, 0.1) is 26.4 Å². The van der Waals surface area contributed by atoms with Crippen molar-refractivity contribution in [1.29, 1.82) is 0 Å². The number of ether oxygens (including phenoxy) is 4. The number of rotatable bonds is 83. The molecule has 614 valence electrons. The van der Waals surface area contributed by atoms with E-state index in [1.807, 2.05) is 0 Å². The number of esters is 4. The molecule has 0 radical (unpaired) electrons. The molecule has 0 aromatic carbocycles. The fourth-order valence-electron chi connectivity index (χ4n) is 12.7. The third-order valence-corrected chi connectivity index (χ3v) is 21.7. The van der Waals surface area contributed by atoms with Gasteiger partial charge in [0, 0.05) is 25.7 Å². The molecule has 104 heavy (non-hydrogen) atoms. The second-order valence-electron chi connectivity index (χ2n) is 30.1. The number of phosphoric ester groups is 2. The van der Waals surface area contributed by atoms with E-state index in [0.29, 0.717) is 25.7 Å². The summed E-state index contributed by atoms with van der Waals surface area (Å²) in [6.45, 7) is 7.35. The highest BCUT2D eigenvalue weighted by molar-refractivity contribution is 7.47. The highest BCUT2D eigenvalue weighted by Gasteiger charge is 2.30. The minimum absolute atomic E-state index is 0.0857. The van der Waals surface area contributed by atoms with Crippen molar-refractivity contribution >= 4 is 39.5 Å². The molecular weight excluding hydrogens is 1350 g/mol. The van der Waals surface area contributed by atoms with Gasteiger partial charge in [0.25, 0.3) is 0 Å². The van der Waals surface area contributed by atoms with E-state index >= 15 is 0 Å². The number of aliphatic hydroxyl groups excluding tert-OH is 1. The van der Waals surface area contributed by atoms with Crippen molar-refractivity contribution in [2.24, 2.45) is 5.92 Å². The monoisotopic (exact) mass is 1520 g/mol. The van der Waals surface area contributed by atoms with Crippen molar-refractivity contribution in [3.05, 3.63) is 24.3 Å². The van der Waals surface area contributed by atoms with Crippen molar-refractivity contribution in [3.8, 4) is 0 Å². The van der Waals surface area contributed by atoms with Crippen LogP contribution in [0.4, 0.5) is 0 Å². The lowest BCUT2D eigenvalue weighted by Gasteiger charge is -2.21. The van der Waals surface area contributed by atoms with Crippen LogP contribution in [0.5, 0.6) is 0 Å². The molecule has 0 heterocycles. The average Bonchev–Trinajstić information content (AvgIpc) is 0.908. The summed E-state index contributed by atoms with van der Waals surface area (Å²) >= 11 is 0. The van der Waals surface area contributed by atoms with Gasteiger partial charge in [-0.15, -0.1) is 0 Å². The van der Waals surface area contributed by atoms with Crippen LogP contribution >= 0.6 is 15.6 Å². The molecule has 0 spiro atoms.